The first-order valence-electron chi connectivity index (χ1n) is 9.09. The molecule has 2 aromatic heterocycles. The molecule has 0 fully saturated rings. The molecule has 2 heterocycles. The molecule has 0 bridgehead atoms. The quantitative estimate of drug-likeness (QED) is 0.399. The number of aromatic nitrogens is 3. The van der Waals surface area contributed by atoms with Crippen LogP contribution in [0.2, 0.25) is 0 Å². The van der Waals surface area contributed by atoms with Crippen molar-refractivity contribution in [2.75, 3.05) is 24.8 Å². The van der Waals surface area contributed by atoms with Crippen molar-refractivity contribution in [3.05, 3.63) is 42.5 Å². The van der Waals surface area contributed by atoms with Crippen molar-refractivity contribution >= 4 is 44.4 Å². The van der Waals surface area contributed by atoms with Crippen molar-refractivity contribution in [1.82, 2.24) is 15.2 Å². The Morgan fingerprint density at radius 1 is 1.23 bits per heavy atom. The van der Waals surface area contributed by atoms with Gasteiger partial charge in [0.2, 0.25) is 5.91 Å². The molecule has 0 aliphatic rings. The molecule has 0 radical (unpaired) electrons. The van der Waals surface area contributed by atoms with Gasteiger partial charge < -0.3 is 19.2 Å². The lowest BCUT2D eigenvalue weighted by Crippen LogP contribution is -2.13. The molecule has 30 heavy (non-hydrogen) atoms. The lowest BCUT2D eigenvalue weighted by molar-refractivity contribution is -0.113. The SMILES string of the molecule is CCOc1ccc2nc(NC(=O)CSc3nnc(-c4ccccc4OC)o3)sc2c1. The van der Waals surface area contributed by atoms with E-state index in [2.05, 4.69) is 20.5 Å². The lowest BCUT2D eigenvalue weighted by Gasteiger charge is -2.03. The van der Waals surface area contributed by atoms with Gasteiger partial charge in [-0.05, 0) is 37.3 Å². The molecule has 4 rings (SSSR count). The summed E-state index contributed by atoms with van der Waals surface area (Å²) in [5.41, 5.74) is 1.51. The van der Waals surface area contributed by atoms with E-state index in [-0.39, 0.29) is 11.7 Å². The number of thiazole rings is 1. The van der Waals surface area contributed by atoms with Gasteiger partial charge in [0.05, 0.1) is 35.2 Å². The highest BCUT2D eigenvalue weighted by Crippen LogP contribution is 2.31. The zero-order chi connectivity index (χ0) is 20.9. The number of methoxy groups -OCH3 is 1. The number of nitrogens with one attached hydrogen (secondary N) is 1. The van der Waals surface area contributed by atoms with Crippen LogP contribution in [0.4, 0.5) is 5.13 Å². The molecule has 0 saturated carbocycles. The van der Waals surface area contributed by atoms with Crippen LogP contribution in [0.5, 0.6) is 11.5 Å². The summed E-state index contributed by atoms with van der Waals surface area (Å²) >= 11 is 2.55. The van der Waals surface area contributed by atoms with Gasteiger partial charge in [0.1, 0.15) is 11.5 Å². The molecule has 0 saturated heterocycles. The number of carbonyl (C=O) groups excluding carboxylic acids is 1. The maximum absolute atomic E-state index is 12.3. The van der Waals surface area contributed by atoms with Crippen molar-refractivity contribution < 1.29 is 18.7 Å². The molecule has 1 amide bonds. The normalized spacial score (nSPS) is 10.9. The van der Waals surface area contributed by atoms with Crippen LogP contribution in [0.15, 0.2) is 52.1 Å². The second kappa shape index (κ2) is 9.14. The number of thioether (sulfide) groups is 1. The smallest absolute Gasteiger partial charge is 0.277 e. The molecule has 0 spiro atoms. The molecule has 10 heteroatoms. The number of ether oxygens (including phenoxy) is 2. The molecule has 0 atom stereocenters. The fourth-order valence-electron chi connectivity index (χ4n) is 2.70. The predicted molar refractivity (Wildman–Crippen MR) is 116 cm³/mol. The van der Waals surface area contributed by atoms with Gasteiger partial charge in [-0.1, -0.05) is 35.2 Å². The van der Waals surface area contributed by atoms with Gasteiger partial charge in [-0.2, -0.15) is 0 Å². The highest BCUT2D eigenvalue weighted by atomic mass is 32.2. The van der Waals surface area contributed by atoms with Crippen LogP contribution in [0.3, 0.4) is 0 Å². The number of benzene rings is 2. The van der Waals surface area contributed by atoms with Gasteiger partial charge in [0.25, 0.3) is 11.1 Å². The molecule has 0 aliphatic carbocycles. The largest absolute Gasteiger partial charge is 0.496 e. The Hall–Kier alpha value is -3.11. The van der Waals surface area contributed by atoms with E-state index in [4.69, 9.17) is 13.9 Å². The van der Waals surface area contributed by atoms with Crippen LogP contribution in [0, 0.1) is 0 Å². The summed E-state index contributed by atoms with van der Waals surface area (Å²) in [6.45, 7) is 2.53. The van der Waals surface area contributed by atoms with Crippen LogP contribution in [-0.4, -0.2) is 40.6 Å². The van der Waals surface area contributed by atoms with E-state index in [0.29, 0.717) is 34.2 Å². The van der Waals surface area contributed by atoms with Crippen LogP contribution < -0.4 is 14.8 Å². The lowest BCUT2D eigenvalue weighted by atomic mass is 10.2. The Bertz CT molecular complexity index is 1170. The monoisotopic (exact) mass is 442 g/mol. The highest BCUT2D eigenvalue weighted by molar-refractivity contribution is 7.99. The highest BCUT2D eigenvalue weighted by Gasteiger charge is 2.15. The number of hydrogen-bond acceptors (Lipinski definition) is 9. The zero-order valence-corrected chi connectivity index (χ0v) is 17.9. The maximum Gasteiger partial charge on any atom is 0.277 e. The first kappa shape index (κ1) is 20.2. The predicted octanol–water partition coefficient (Wildman–Crippen LogP) is 4.48. The van der Waals surface area contributed by atoms with Crippen LogP contribution in [0.1, 0.15) is 6.92 Å². The number of amides is 1. The van der Waals surface area contributed by atoms with Gasteiger partial charge in [0, 0.05) is 0 Å². The number of nitrogens with zero attached hydrogens (tertiary/aromatic N) is 3. The molecule has 0 unspecified atom stereocenters. The Morgan fingerprint density at radius 3 is 2.93 bits per heavy atom. The molecule has 4 aromatic rings. The third kappa shape index (κ3) is 4.55. The fourth-order valence-corrected chi connectivity index (χ4v) is 4.17. The summed E-state index contributed by atoms with van der Waals surface area (Å²) in [7, 11) is 1.58. The van der Waals surface area contributed by atoms with E-state index in [9.17, 15) is 4.79 Å². The average molecular weight is 443 g/mol. The van der Waals surface area contributed by atoms with Crippen molar-refractivity contribution in [2.24, 2.45) is 0 Å². The van der Waals surface area contributed by atoms with Crippen LogP contribution in [-0.2, 0) is 4.79 Å². The first-order valence-corrected chi connectivity index (χ1v) is 10.9. The molecule has 8 nitrogen and oxygen atoms in total. The third-order valence-corrected chi connectivity index (χ3v) is 5.74. The molecular formula is C20H18N4O4S2. The summed E-state index contributed by atoms with van der Waals surface area (Å²) in [4.78, 5) is 16.7. The van der Waals surface area contributed by atoms with Gasteiger partial charge >= 0.3 is 0 Å². The summed E-state index contributed by atoms with van der Waals surface area (Å²) in [5, 5.41) is 11.7. The fraction of sp³-hybridized carbons (Fsp3) is 0.200. The van der Waals surface area contributed by atoms with Gasteiger partial charge in [-0.3, -0.25) is 4.79 Å². The van der Waals surface area contributed by atoms with Crippen molar-refractivity contribution in [3.63, 3.8) is 0 Å². The Labute approximate surface area is 180 Å². The number of fused-ring (bicyclic) bond motifs is 1. The van der Waals surface area contributed by atoms with Crippen LogP contribution >= 0.6 is 23.1 Å². The standard InChI is InChI=1S/C20H18N4O4S2/c1-3-27-12-8-9-14-16(10-12)30-19(21-14)22-17(25)11-29-20-24-23-18(28-20)13-6-4-5-7-15(13)26-2/h4-10H,3,11H2,1-2H3,(H,21,22,25). The van der Waals surface area contributed by atoms with E-state index >= 15 is 0 Å². The van der Waals surface area contributed by atoms with Crippen LogP contribution in [0.25, 0.3) is 21.7 Å². The summed E-state index contributed by atoms with van der Waals surface area (Å²) in [6.07, 6.45) is 0. The van der Waals surface area contributed by atoms with E-state index in [1.165, 1.54) is 11.3 Å². The average Bonchev–Trinajstić information content (AvgIpc) is 3.38. The second-order valence-corrected chi connectivity index (χ2v) is 7.95. The number of anilines is 1. The minimum atomic E-state index is -0.207. The number of rotatable bonds is 8. The number of carbonyl (C=O) groups is 1. The van der Waals surface area contributed by atoms with Crippen molar-refractivity contribution in [2.45, 2.75) is 12.1 Å². The van der Waals surface area contributed by atoms with Gasteiger partial charge in [-0.15, -0.1) is 10.2 Å². The van der Waals surface area contributed by atoms with Gasteiger partial charge in [-0.25, -0.2) is 4.98 Å². The van der Waals surface area contributed by atoms with E-state index in [1.54, 1.807) is 7.11 Å². The first-order chi connectivity index (χ1) is 14.7. The summed E-state index contributed by atoms with van der Waals surface area (Å²) < 4.78 is 17.4. The van der Waals surface area contributed by atoms with E-state index in [1.807, 2.05) is 49.4 Å². The number of hydrogen-bond donors (Lipinski definition) is 1. The van der Waals surface area contributed by atoms with Crippen molar-refractivity contribution in [3.8, 4) is 23.0 Å². The second-order valence-electron chi connectivity index (χ2n) is 5.99. The maximum atomic E-state index is 12.3. The number of para-hydroxylation sites is 1. The van der Waals surface area contributed by atoms with Crippen molar-refractivity contribution in [1.29, 1.82) is 0 Å². The molecular weight excluding hydrogens is 424 g/mol. The minimum Gasteiger partial charge on any atom is -0.496 e. The third-order valence-electron chi connectivity index (χ3n) is 3.99. The topological polar surface area (TPSA) is 99.4 Å². The Balaban J connectivity index is 1.37. The Morgan fingerprint density at radius 2 is 2.10 bits per heavy atom. The molecule has 1 N–H and O–H groups in total. The van der Waals surface area contributed by atoms with E-state index in [0.717, 1.165) is 27.7 Å². The van der Waals surface area contributed by atoms with Gasteiger partial charge in [0.15, 0.2) is 5.13 Å². The minimum absolute atomic E-state index is 0.119. The molecule has 0 aliphatic heterocycles. The van der Waals surface area contributed by atoms with E-state index < -0.39 is 0 Å². The Kier molecular flexibility index (Phi) is 6.15. The molecule has 154 valence electrons. The zero-order valence-electron chi connectivity index (χ0n) is 16.2. The summed E-state index contributed by atoms with van der Waals surface area (Å²) in [5.74, 6) is 1.67. The summed E-state index contributed by atoms with van der Waals surface area (Å²) in [6, 6.07) is 13.0. The molecule has 2 aromatic carbocycles.